The molecule has 2 aliphatic rings. The lowest BCUT2D eigenvalue weighted by Crippen LogP contribution is -2.35. The van der Waals surface area contributed by atoms with Crippen molar-refractivity contribution in [1.82, 2.24) is 14.6 Å². The van der Waals surface area contributed by atoms with E-state index in [1.165, 1.54) is 23.6 Å². The highest BCUT2D eigenvalue weighted by atomic mass is 32.7. The maximum atomic E-state index is 13.8. The largest absolute Gasteiger partial charge is 0.462 e. The summed E-state index contributed by atoms with van der Waals surface area (Å²) in [5.74, 6) is -0.971. The predicted octanol–water partition coefficient (Wildman–Crippen LogP) is 2.16. The molecule has 2 fully saturated rings. The van der Waals surface area contributed by atoms with Crippen molar-refractivity contribution in [3.8, 4) is 0 Å². The van der Waals surface area contributed by atoms with Crippen LogP contribution in [0.4, 0.5) is 0 Å². The molecule has 0 bridgehead atoms. The van der Waals surface area contributed by atoms with Crippen molar-refractivity contribution in [2.24, 2.45) is 5.92 Å². The SMILES string of the molecule is CC(C)OC(=O)[C@H](C)NP(=O)(OC[C@H]1O[C@@H](n2ccc(=O)[nH]c2=O)[C@H](O)[C@@H]1C)SC1CCCC1. The highest BCUT2D eigenvalue weighted by Crippen LogP contribution is 2.61. The molecule has 1 aromatic rings. The van der Waals surface area contributed by atoms with Crippen LogP contribution in [0, 0.1) is 5.92 Å². The van der Waals surface area contributed by atoms with E-state index in [0.29, 0.717) is 0 Å². The number of aliphatic hydroxyl groups is 1. The minimum atomic E-state index is -3.54. The Kier molecular flexibility index (Phi) is 9.22. The molecule has 1 aromatic heterocycles. The second kappa shape index (κ2) is 11.5. The van der Waals surface area contributed by atoms with Crippen molar-refractivity contribution in [2.75, 3.05) is 6.61 Å². The Labute approximate surface area is 202 Å². The molecule has 1 saturated heterocycles. The summed E-state index contributed by atoms with van der Waals surface area (Å²) in [6.45, 7) is 3.13. The lowest BCUT2D eigenvalue weighted by molar-refractivity contribution is -0.149. The summed E-state index contributed by atoms with van der Waals surface area (Å²) in [4.78, 5) is 37.9. The normalized spacial score (nSPS) is 28.2. The Hall–Kier alpha value is -1.43. The zero-order valence-corrected chi connectivity index (χ0v) is 21.6. The van der Waals surface area contributed by atoms with Crippen LogP contribution in [0.25, 0.3) is 0 Å². The predicted molar refractivity (Wildman–Crippen MR) is 128 cm³/mol. The first-order valence-electron chi connectivity index (χ1n) is 11.6. The van der Waals surface area contributed by atoms with Gasteiger partial charge in [0.2, 0.25) is 0 Å². The van der Waals surface area contributed by atoms with Crippen LogP contribution in [0.5, 0.6) is 0 Å². The third-order valence-electron chi connectivity index (χ3n) is 5.91. The number of carbonyl (C=O) groups excluding carboxylic acids is 1. The minimum Gasteiger partial charge on any atom is -0.462 e. The van der Waals surface area contributed by atoms with Crippen LogP contribution in [0.2, 0.25) is 0 Å². The number of H-pyrrole nitrogens is 1. The molecular formula is C21H34N3O8PS. The van der Waals surface area contributed by atoms with Crippen molar-refractivity contribution < 1.29 is 28.5 Å². The van der Waals surface area contributed by atoms with Crippen LogP contribution < -0.4 is 16.3 Å². The summed E-state index contributed by atoms with van der Waals surface area (Å²) in [6, 6.07) is 0.321. The van der Waals surface area contributed by atoms with Crippen molar-refractivity contribution in [3.63, 3.8) is 0 Å². The van der Waals surface area contributed by atoms with Gasteiger partial charge >= 0.3 is 18.4 Å². The molecule has 1 unspecified atom stereocenters. The summed E-state index contributed by atoms with van der Waals surface area (Å²) < 4.78 is 31.8. The molecule has 3 rings (SSSR count). The summed E-state index contributed by atoms with van der Waals surface area (Å²) in [5, 5.41) is 13.6. The maximum Gasteiger partial charge on any atom is 0.330 e. The number of carbonyl (C=O) groups is 1. The average molecular weight is 520 g/mol. The van der Waals surface area contributed by atoms with Crippen LogP contribution >= 0.6 is 18.1 Å². The number of hydrogen-bond donors (Lipinski definition) is 3. The topological polar surface area (TPSA) is 149 Å². The molecule has 1 aliphatic heterocycles. The summed E-state index contributed by atoms with van der Waals surface area (Å²) >= 11 is 1.21. The van der Waals surface area contributed by atoms with E-state index >= 15 is 0 Å². The van der Waals surface area contributed by atoms with Gasteiger partial charge in [-0.2, -0.15) is 0 Å². The van der Waals surface area contributed by atoms with Gasteiger partial charge in [0.15, 0.2) is 6.23 Å². The number of aromatic nitrogens is 2. The first-order valence-corrected chi connectivity index (χ1v) is 14.7. The number of aromatic amines is 1. The van der Waals surface area contributed by atoms with Crippen molar-refractivity contribution in [2.45, 2.75) is 89.2 Å². The molecule has 0 amide bonds. The number of hydrogen-bond acceptors (Lipinski definition) is 9. The highest BCUT2D eigenvalue weighted by molar-refractivity contribution is 8.56. The summed E-state index contributed by atoms with van der Waals surface area (Å²) in [7, 11) is 0. The number of nitrogens with one attached hydrogen (secondary N) is 2. The third-order valence-corrected chi connectivity index (χ3v) is 10.5. The number of rotatable bonds is 10. The number of aliphatic hydroxyl groups excluding tert-OH is 1. The van der Waals surface area contributed by atoms with E-state index in [-0.39, 0.29) is 18.0 Å². The fourth-order valence-corrected chi connectivity index (χ4v) is 8.88. The molecule has 192 valence electrons. The highest BCUT2D eigenvalue weighted by Gasteiger charge is 2.44. The first-order chi connectivity index (χ1) is 16.0. The van der Waals surface area contributed by atoms with Crippen LogP contribution in [0.1, 0.15) is 59.6 Å². The second-order valence-electron chi connectivity index (χ2n) is 9.07. The third kappa shape index (κ3) is 6.83. The lowest BCUT2D eigenvalue weighted by atomic mass is 10.0. The van der Waals surface area contributed by atoms with Gasteiger partial charge in [-0.15, -0.1) is 0 Å². The molecule has 11 nitrogen and oxygen atoms in total. The molecule has 13 heteroatoms. The summed E-state index contributed by atoms with van der Waals surface area (Å²) in [5.41, 5.74) is -1.25. The van der Waals surface area contributed by atoms with E-state index in [1.807, 2.05) is 0 Å². The van der Waals surface area contributed by atoms with Crippen LogP contribution in [0.3, 0.4) is 0 Å². The Morgan fingerprint density at radius 2 is 2.03 bits per heavy atom. The zero-order chi connectivity index (χ0) is 25.0. The number of ether oxygens (including phenoxy) is 2. The monoisotopic (exact) mass is 519 g/mol. The molecule has 3 N–H and O–H groups in total. The van der Waals surface area contributed by atoms with Gasteiger partial charge in [-0.1, -0.05) is 31.1 Å². The number of nitrogens with zero attached hydrogens (tertiary/aromatic N) is 1. The minimum absolute atomic E-state index is 0.122. The Morgan fingerprint density at radius 1 is 1.35 bits per heavy atom. The maximum absolute atomic E-state index is 13.8. The van der Waals surface area contributed by atoms with E-state index in [1.54, 1.807) is 27.7 Å². The molecule has 0 spiro atoms. The molecule has 1 aliphatic carbocycles. The van der Waals surface area contributed by atoms with Gasteiger partial charge in [-0.05, 0) is 33.6 Å². The molecule has 1 saturated carbocycles. The Balaban J connectivity index is 1.70. The quantitative estimate of drug-likeness (QED) is 0.310. The molecule has 6 atom stereocenters. The Bertz CT molecular complexity index is 1010. The van der Waals surface area contributed by atoms with Gasteiger partial charge in [0.1, 0.15) is 12.1 Å². The molecular weight excluding hydrogens is 485 g/mol. The van der Waals surface area contributed by atoms with Crippen molar-refractivity contribution >= 4 is 24.1 Å². The smallest absolute Gasteiger partial charge is 0.330 e. The van der Waals surface area contributed by atoms with E-state index in [2.05, 4.69) is 10.1 Å². The van der Waals surface area contributed by atoms with Crippen LogP contribution in [0.15, 0.2) is 21.9 Å². The molecule has 34 heavy (non-hydrogen) atoms. The van der Waals surface area contributed by atoms with Gasteiger partial charge in [0.05, 0.1) is 18.8 Å². The molecule has 2 heterocycles. The van der Waals surface area contributed by atoms with Gasteiger partial charge in [0.25, 0.3) is 5.56 Å². The zero-order valence-electron chi connectivity index (χ0n) is 19.8. The molecule has 0 aromatic carbocycles. The fraction of sp³-hybridized carbons (Fsp3) is 0.762. The van der Waals surface area contributed by atoms with Gasteiger partial charge in [0, 0.05) is 23.4 Å². The first kappa shape index (κ1) is 27.2. The van der Waals surface area contributed by atoms with E-state index < -0.39 is 54.3 Å². The van der Waals surface area contributed by atoms with Crippen LogP contribution in [-0.2, 0) is 23.4 Å². The van der Waals surface area contributed by atoms with E-state index in [0.717, 1.165) is 30.3 Å². The summed E-state index contributed by atoms with van der Waals surface area (Å²) in [6.07, 6.45) is 2.14. The lowest BCUT2D eigenvalue weighted by Gasteiger charge is -2.26. The van der Waals surface area contributed by atoms with Crippen molar-refractivity contribution in [1.29, 1.82) is 0 Å². The second-order valence-corrected chi connectivity index (χ2v) is 13.5. The fourth-order valence-electron chi connectivity index (χ4n) is 4.00. The van der Waals surface area contributed by atoms with Gasteiger partial charge in [-0.3, -0.25) is 23.7 Å². The van der Waals surface area contributed by atoms with Crippen LogP contribution in [-0.4, -0.2) is 56.8 Å². The van der Waals surface area contributed by atoms with E-state index in [9.17, 15) is 24.1 Å². The van der Waals surface area contributed by atoms with E-state index in [4.69, 9.17) is 14.0 Å². The standard InChI is InChI=1S/C21H34N3O8PS/c1-12(2)31-20(27)14(4)23-33(29,34-15-7-5-6-8-15)30-11-16-13(3)18(26)19(32-16)24-10-9-17(25)22-21(24)28/h9-10,12-16,18-19,26H,5-8,11H2,1-4H3,(H,23,29)(H,22,25,28)/t13-,14+,16-,18-,19-,33?/m1/s1. The average Bonchev–Trinajstić information content (AvgIpc) is 3.35. The Morgan fingerprint density at radius 3 is 2.65 bits per heavy atom. The van der Waals surface area contributed by atoms with Gasteiger partial charge < -0.3 is 19.1 Å². The van der Waals surface area contributed by atoms with Gasteiger partial charge in [-0.25, -0.2) is 9.88 Å². The van der Waals surface area contributed by atoms with Crippen molar-refractivity contribution in [3.05, 3.63) is 33.1 Å². The molecule has 0 radical (unpaired) electrons. The number of esters is 1.